The predicted molar refractivity (Wildman–Crippen MR) is 96.7 cm³/mol. The zero-order valence-electron chi connectivity index (χ0n) is 14.5. The molecule has 25 heavy (non-hydrogen) atoms. The van der Waals surface area contributed by atoms with Gasteiger partial charge in [-0.1, -0.05) is 12.1 Å². The molecule has 0 bridgehead atoms. The van der Waals surface area contributed by atoms with E-state index in [1.807, 2.05) is 12.1 Å². The molecule has 2 saturated heterocycles. The Morgan fingerprint density at radius 2 is 2.20 bits per heavy atom. The van der Waals surface area contributed by atoms with E-state index in [4.69, 9.17) is 10.00 Å². The van der Waals surface area contributed by atoms with Crippen molar-refractivity contribution >= 4 is 12.0 Å². The van der Waals surface area contributed by atoms with Crippen LogP contribution in [0.2, 0.25) is 0 Å². The number of likely N-dealkylation sites (tertiary alicyclic amines) is 1. The van der Waals surface area contributed by atoms with Crippen LogP contribution < -0.4 is 5.32 Å². The Labute approximate surface area is 149 Å². The van der Waals surface area contributed by atoms with E-state index in [1.54, 1.807) is 24.3 Å². The van der Waals surface area contributed by atoms with Crippen LogP contribution in [0.4, 0.5) is 0 Å². The van der Waals surface area contributed by atoms with Crippen LogP contribution in [0, 0.1) is 17.2 Å². The monoisotopic (exact) mass is 339 g/mol. The summed E-state index contributed by atoms with van der Waals surface area (Å²) in [5.41, 5.74) is 1.46. The lowest BCUT2D eigenvalue weighted by Gasteiger charge is -2.33. The zero-order chi connectivity index (χ0) is 17.5. The van der Waals surface area contributed by atoms with Crippen molar-refractivity contribution in [3.05, 3.63) is 41.5 Å². The molecule has 1 aromatic rings. The highest BCUT2D eigenvalue weighted by atomic mass is 16.5. The molecule has 0 aromatic heterocycles. The van der Waals surface area contributed by atoms with Crippen molar-refractivity contribution in [2.24, 2.45) is 5.92 Å². The second kappa shape index (κ2) is 8.80. The van der Waals surface area contributed by atoms with E-state index in [0.717, 1.165) is 51.3 Å². The molecule has 5 heteroatoms. The summed E-state index contributed by atoms with van der Waals surface area (Å²) in [7, 11) is 0. The first-order valence-electron chi connectivity index (χ1n) is 9.02. The van der Waals surface area contributed by atoms with Crippen LogP contribution in [0.5, 0.6) is 0 Å². The number of nitrogens with one attached hydrogen (secondary N) is 1. The maximum Gasteiger partial charge on any atom is 0.244 e. The fourth-order valence-corrected chi connectivity index (χ4v) is 3.49. The van der Waals surface area contributed by atoms with Crippen molar-refractivity contribution < 1.29 is 9.53 Å². The van der Waals surface area contributed by atoms with E-state index in [1.165, 1.54) is 6.42 Å². The third-order valence-electron chi connectivity index (χ3n) is 4.92. The van der Waals surface area contributed by atoms with Crippen LogP contribution >= 0.6 is 0 Å². The highest BCUT2D eigenvalue weighted by Gasteiger charge is 2.24. The minimum Gasteiger partial charge on any atom is -0.381 e. The number of nitrogens with zero attached hydrogens (tertiary/aromatic N) is 2. The van der Waals surface area contributed by atoms with Crippen molar-refractivity contribution in [3.63, 3.8) is 0 Å². The van der Waals surface area contributed by atoms with Crippen molar-refractivity contribution in [2.75, 3.05) is 32.8 Å². The standard InChI is InChI=1S/C20H25N3O2/c21-13-17-3-1-2-16(12-17)4-5-20(24)22-19-6-9-23(10-7-19)14-18-8-11-25-15-18/h1-5,12,18-19H,6-11,14-15H2,(H,22,24)/b5-4-/t18-/m1/s1. The summed E-state index contributed by atoms with van der Waals surface area (Å²) < 4.78 is 5.44. The number of nitriles is 1. The summed E-state index contributed by atoms with van der Waals surface area (Å²) >= 11 is 0. The Morgan fingerprint density at radius 1 is 1.36 bits per heavy atom. The fraction of sp³-hybridized carbons (Fsp3) is 0.500. The molecule has 2 aliphatic rings. The Balaban J connectivity index is 1.41. The minimum absolute atomic E-state index is 0.0648. The molecule has 0 aliphatic carbocycles. The molecule has 1 aromatic carbocycles. The van der Waals surface area contributed by atoms with E-state index in [-0.39, 0.29) is 11.9 Å². The molecule has 0 radical (unpaired) electrons. The average molecular weight is 339 g/mol. The molecule has 3 rings (SSSR count). The van der Waals surface area contributed by atoms with Gasteiger partial charge in [0.05, 0.1) is 18.2 Å². The van der Waals surface area contributed by atoms with Gasteiger partial charge < -0.3 is 15.0 Å². The summed E-state index contributed by atoms with van der Waals surface area (Å²) in [6.07, 6.45) is 6.48. The second-order valence-corrected chi connectivity index (χ2v) is 6.88. The molecule has 1 amide bonds. The normalized spacial score (nSPS) is 22.1. The van der Waals surface area contributed by atoms with Gasteiger partial charge in [0.1, 0.15) is 0 Å². The van der Waals surface area contributed by atoms with Gasteiger partial charge in [0.2, 0.25) is 5.91 Å². The summed E-state index contributed by atoms with van der Waals surface area (Å²) in [6, 6.07) is 9.58. The summed E-state index contributed by atoms with van der Waals surface area (Å²) in [5, 5.41) is 12.0. The van der Waals surface area contributed by atoms with Crippen LogP contribution in [0.25, 0.3) is 6.08 Å². The van der Waals surface area contributed by atoms with Crippen LogP contribution in [-0.2, 0) is 9.53 Å². The van der Waals surface area contributed by atoms with Gasteiger partial charge in [-0.15, -0.1) is 0 Å². The van der Waals surface area contributed by atoms with Crippen LogP contribution in [0.1, 0.15) is 30.4 Å². The molecular formula is C20H25N3O2. The summed E-state index contributed by atoms with van der Waals surface area (Å²) in [4.78, 5) is 14.6. The number of carbonyl (C=O) groups is 1. The molecule has 2 heterocycles. The Hall–Kier alpha value is -2.16. The average Bonchev–Trinajstić information content (AvgIpc) is 3.15. The molecule has 1 atom stereocenters. The van der Waals surface area contributed by atoms with E-state index >= 15 is 0 Å². The Morgan fingerprint density at radius 3 is 2.92 bits per heavy atom. The number of rotatable bonds is 5. The van der Waals surface area contributed by atoms with Crippen molar-refractivity contribution in [1.82, 2.24) is 10.2 Å². The third kappa shape index (κ3) is 5.42. The lowest BCUT2D eigenvalue weighted by atomic mass is 10.0. The lowest BCUT2D eigenvalue weighted by molar-refractivity contribution is -0.117. The topological polar surface area (TPSA) is 65.4 Å². The van der Waals surface area contributed by atoms with Gasteiger partial charge >= 0.3 is 0 Å². The van der Waals surface area contributed by atoms with Gasteiger partial charge in [-0.2, -0.15) is 5.26 Å². The first-order chi connectivity index (χ1) is 12.2. The minimum atomic E-state index is -0.0648. The summed E-state index contributed by atoms with van der Waals surface area (Å²) in [6.45, 7) is 5.00. The van der Waals surface area contributed by atoms with Gasteiger partial charge in [-0.3, -0.25) is 4.79 Å². The van der Waals surface area contributed by atoms with Gasteiger partial charge in [0.15, 0.2) is 0 Å². The molecule has 0 saturated carbocycles. The number of carbonyl (C=O) groups excluding carboxylic acids is 1. The smallest absolute Gasteiger partial charge is 0.244 e. The number of ether oxygens (including phenoxy) is 1. The molecule has 132 valence electrons. The second-order valence-electron chi connectivity index (χ2n) is 6.88. The predicted octanol–water partition coefficient (Wildman–Crippen LogP) is 2.19. The van der Waals surface area contributed by atoms with Crippen LogP contribution in [0.3, 0.4) is 0 Å². The van der Waals surface area contributed by atoms with Crippen LogP contribution in [-0.4, -0.2) is 49.7 Å². The molecular weight excluding hydrogens is 314 g/mol. The number of piperidine rings is 1. The first-order valence-corrected chi connectivity index (χ1v) is 9.02. The Kier molecular flexibility index (Phi) is 6.21. The molecule has 2 fully saturated rings. The largest absolute Gasteiger partial charge is 0.381 e. The number of amides is 1. The van der Waals surface area contributed by atoms with Crippen molar-refractivity contribution in [3.8, 4) is 6.07 Å². The number of hydrogen-bond donors (Lipinski definition) is 1. The summed E-state index contributed by atoms with van der Waals surface area (Å²) in [5.74, 6) is 0.614. The van der Waals surface area contributed by atoms with E-state index in [0.29, 0.717) is 11.5 Å². The lowest BCUT2D eigenvalue weighted by Crippen LogP contribution is -2.45. The molecule has 0 unspecified atom stereocenters. The van der Waals surface area contributed by atoms with Gasteiger partial charge in [0, 0.05) is 38.4 Å². The SMILES string of the molecule is N#Cc1cccc(/C=C\C(=O)NC2CCN(C[C@H]3CCOC3)CC2)c1. The zero-order valence-corrected chi connectivity index (χ0v) is 14.5. The van der Waals surface area contributed by atoms with Crippen LogP contribution in [0.15, 0.2) is 30.3 Å². The number of benzene rings is 1. The van der Waals surface area contributed by atoms with E-state index in [2.05, 4.69) is 16.3 Å². The van der Waals surface area contributed by atoms with Gasteiger partial charge in [0.25, 0.3) is 0 Å². The maximum absolute atomic E-state index is 12.1. The van der Waals surface area contributed by atoms with Gasteiger partial charge in [-0.25, -0.2) is 0 Å². The maximum atomic E-state index is 12.1. The first kappa shape index (κ1) is 17.7. The molecule has 0 spiro atoms. The third-order valence-corrected chi connectivity index (χ3v) is 4.92. The van der Waals surface area contributed by atoms with Crippen molar-refractivity contribution in [2.45, 2.75) is 25.3 Å². The van der Waals surface area contributed by atoms with E-state index in [9.17, 15) is 4.79 Å². The molecule has 2 aliphatic heterocycles. The fourth-order valence-electron chi connectivity index (χ4n) is 3.49. The quantitative estimate of drug-likeness (QED) is 0.835. The van der Waals surface area contributed by atoms with Gasteiger partial charge in [-0.05, 0) is 49.0 Å². The molecule has 5 nitrogen and oxygen atoms in total. The molecule has 1 N–H and O–H groups in total. The highest BCUT2D eigenvalue weighted by Crippen LogP contribution is 2.17. The Bertz CT molecular complexity index is 651. The number of hydrogen-bond acceptors (Lipinski definition) is 4. The van der Waals surface area contributed by atoms with E-state index < -0.39 is 0 Å². The van der Waals surface area contributed by atoms with Crippen molar-refractivity contribution in [1.29, 1.82) is 5.26 Å². The highest BCUT2D eigenvalue weighted by molar-refractivity contribution is 5.91.